The van der Waals surface area contributed by atoms with E-state index in [1.807, 2.05) is 0 Å². The van der Waals surface area contributed by atoms with Gasteiger partial charge in [-0.2, -0.15) is 0 Å². The third kappa shape index (κ3) is 4.22. The number of benzene rings is 3. The van der Waals surface area contributed by atoms with E-state index in [0.717, 1.165) is 10.5 Å². The number of hydrogen-bond donors (Lipinski definition) is 1. The number of ether oxygens (including phenoxy) is 1. The number of hydrogen-bond acceptors (Lipinski definition) is 6. The highest BCUT2D eigenvalue weighted by Crippen LogP contribution is 2.66. The van der Waals surface area contributed by atoms with Crippen LogP contribution in [0.5, 0.6) is 11.5 Å². The summed E-state index contributed by atoms with van der Waals surface area (Å²) in [6.45, 7) is 3.69. The Kier molecular flexibility index (Phi) is 7.68. The molecule has 0 spiro atoms. The van der Waals surface area contributed by atoms with Gasteiger partial charge in [0.2, 0.25) is 17.6 Å². The molecule has 50 heavy (non-hydrogen) atoms. The van der Waals surface area contributed by atoms with Crippen LogP contribution in [0.15, 0.2) is 60.7 Å². The topological polar surface area (TPSA) is 104 Å². The molecule has 2 heterocycles. The Morgan fingerprint density at radius 2 is 1.48 bits per heavy atom. The van der Waals surface area contributed by atoms with Crippen LogP contribution in [-0.4, -0.2) is 45.6 Å². The molecule has 3 aromatic rings. The Morgan fingerprint density at radius 3 is 2.08 bits per heavy atom. The van der Waals surface area contributed by atoms with Crippen molar-refractivity contribution in [2.24, 2.45) is 17.8 Å². The second-order valence-electron chi connectivity index (χ2n) is 12.4. The molecule has 0 bridgehead atoms. The maximum Gasteiger partial charge on any atom is 0.258 e. The highest BCUT2D eigenvalue weighted by Gasteiger charge is 2.77. The van der Waals surface area contributed by atoms with Crippen molar-refractivity contribution in [1.82, 2.24) is 0 Å². The van der Waals surface area contributed by atoms with Crippen LogP contribution < -0.4 is 14.5 Å². The number of nitrogens with zero attached hydrogens (tertiary/aromatic N) is 2. The number of phenolic OH excluding ortho intramolecular Hbond substituents is 1. The summed E-state index contributed by atoms with van der Waals surface area (Å²) in [6, 6.07) is 10.2. The molecule has 3 fully saturated rings. The van der Waals surface area contributed by atoms with Crippen LogP contribution in [0.2, 0.25) is 0 Å². The first kappa shape index (κ1) is 33.7. The first-order valence-corrected chi connectivity index (χ1v) is 15.8. The smallest absolute Gasteiger partial charge is 0.258 e. The molecule has 0 aromatic heterocycles. The molecule has 1 saturated carbocycles. The average molecular weight is 733 g/mol. The van der Waals surface area contributed by atoms with Gasteiger partial charge in [-0.05, 0) is 54.2 Å². The number of imide groups is 2. The van der Waals surface area contributed by atoms with E-state index in [0.29, 0.717) is 0 Å². The molecular weight excluding hydrogens is 710 g/mol. The molecule has 2 aliphatic carbocycles. The van der Waals surface area contributed by atoms with Crippen molar-refractivity contribution in [2.75, 3.05) is 16.9 Å². The molecule has 15 heteroatoms. The SMILES string of the molecule is C=Cc1ccc(N2C(=O)C3CC=C4C(CC5(Cl)C(=O)N(c6c(F)c(F)c(F)c(F)c6F)C(=O)C5(Cl)C4c4ccc(O)c(OC)c4)C3C2=O)cc1. The number of anilines is 2. The second-order valence-corrected chi connectivity index (χ2v) is 13.7. The van der Waals surface area contributed by atoms with Crippen molar-refractivity contribution >= 4 is 64.3 Å². The van der Waals surface area contributed by atoms with Crippen molar-refractivity contribution in [3.05, 3.63) is 101 Å². The van der Waals surface area contributed by atoms with Crippen LogP contribution in [0.1, 0.15) is 29.9 Å². The van der Waals surface area contributed by atoms with E-state index in [1.165, 1.54) is 25.3 Å². The highest BCUT2D eigenvalue weighted by atomic mass is 35.5. The van der Waals surface area contributed by atoms with Gasteiger partial charge in [0.05, 0.1) is 24.6 Å². The van der Waals surface area contributed by atoms with Crippen molar-refractivity contribution in [3.63, 3.8) is 0 Å². The van der Waals surface area contributed by atoms with Crippen LogP contribution in [0, 0.1) is 46.8 Å². The molecule has 6 unspecified atom stereocenters. The molecule has 258 valence electrons. The van der Waals surface area contributed by atoms with Crippen LogP contribution >= 0.6 is 23.2 Å². The summed E-state index contributed by atoms with van der Waals surface area (Å²) in [7, 11) is 1.23. The number of alkyl halides is 2. The Bertz CT molecular complexity index is 2080. The third-order valence-electron chi connectivity index (χ3n) is 10.1. The zero-order valence-corrected chi connectivity index (χ0v) is 27.2. The normalized spacial score (nSPS) is 28.8. The number of carbonyl (C=O) groups excluding carboxylic acids is 4. The molecular formula is C35H23Cl2F5N2O6. The van der Waals surface area contributed by atoms with E-state index in [9.17, 15) is 37.5 Å². The molecule has 4 amide bonds. The third-order valence-corrected chi connectivity index (χ3v) is 11.6. The van der Waals surface area contributed by atoms with Crippen molar-refractivity contribution in [2.45, 2.75) is 28.5 Å². The number of fused-ring (bicyclic) bond motifs is 4. The summed E-state index contributed by atoms with van der Waals surface area (Å²) in [5.41, 5.74) is -0.546. The number of allylic oxidation sites excluding steroid dienone is 2. The van der Waals surface area contributed by atoms with Crippen LogP contribution in [0.3, 0.4) is 0 Å². The molecule has 3 aromatic carbocycles. The van der Waals surface area contributed by atoms with Gasteiger partial charge in [0, 0.05) is 5.92 Å². The van der Waals surface area contributed by atoms with E-state index < -0.39 is 98.2 Å². The van der Waals surface area contributed by atoms with Gasteiger partial charge < -0.3 is 9.84 Å². The average Bonchev–Trinajstić information content (AvgIpc) is 3.45. The molecule has 2 aliphatic heterocycles. The summed E-state index contributed by atoms with van der Waals surface area (Å²) in [6.07, 6.45) is 2.47. The monoisotopic (exact) mass is 732 g/mol. The molecule has 4 aliphatic rings. The highest BCUT2D eigenvalue weighted by molar-refractivity contribution is 6.58. The summed E-state index contributed by atoms with van der Waals surface area (Å²) in [5, 5.41) is 10.3. The molecule has 8 nitrogen and oxygen atoms in total. The number of amides is 4. The number of halogens is 7. The fourth-order valence-corrected chi connectivity index (χ4v) is 8.76. The Morgan fingerprint density at radius 1 is 0.860 bits per heavy atom. The summed E-state index contributed by atoms with van der Waals surface area (Å²) >= 11 is 14.2. The summed E-state index contributed by atoms with van der Waals surface area (Å²) in [5.74, 6) is -21.9. The Labute approximate surface area is 290 Å². The first-order chi connectivity index (χ1) is 23.6. The van der Waals surface area contributed by atoms with E-state index in [4.69, 9.17) is 27.9 Å². The van der Waals surface area contributed by atoms with Crippen LogP contribution in [0.25, 0.3) is 6.08 Å². The summed E-state index contributed by atoms with van der Waals surface area (Å²) < 4.78 is 78.5. The number of methoxy groups -OCH3 is 1. The van der Waals surface area contributed by atoms with Gasteiger partial charge in [0.15, 0.2) is 44.5 Å². The lowest BCUT2D eigenvalue weighted by molar-refractivity contribution is -0.125. The quantitative estimate of drug-likeness (QED) is 0.0802. The van der Waals surface area contributed by atoms with Gasteiger partial charge in [-0.15, -0.1) is 23.2 Å². The Balaban J connectivity index is 1.43. The largest absolute Gasteiger partial charge is 0.504 e. The first-order valence-electron chi connectivity index (χ1n) is 15.1. The van der Waals surface area contributed by atoms with Gasteiger partial charge >= 0.3 is 0 Å². The van der Waals surface area contributed by atoms with Gasteiger partial charge in [0.25, 0.3) is 11.8 Å². The fraction of sp³-hybridized carbons (Fsp3) is 0.257. The predicted octanol–water partition coefficient (Wildman–Crippen LogP) is 6.51. The second kappa shape index (κ2) is 11.4. The fourth-order valence-electron chi connectivity index (χ4n) is 7.83. The number of phenols is 1. The Hall–Kier alpha value is -4.75. The summed E-state index contributed by atoms with van der Waals surface area (Å²) in [4.78, 5) is 52.0. The van der Waals surface area contributed by atoms with E-state index in [2.05, 4.69) is 6.58 Å². The van der Waals surface area contributed by atoms with Crippen LogP contribution in [-0.2, 0) is 19.2 Å². The maximum atomic E-state index is 15.2. The predicted molar refractivity (Wildman–Crippen MR) is 170 cm³/mol. The lowest BCUT2D eigenvalue weighted by atomic mass is 9.56. The van der Waals surface area contributed by atoms with Crippen molar-refractivity contribution < 1.29 is 51.0 Å². The van der Waals surface area contributed by atoms with Gasteiger partial charge in [-0.1, -0.05) is 42.5 Å². The molecule has 1 N–H and O–H groups in total. The minimum Gasteiger partial charge on any atom is -0.504 e. The van der Waals surface area contributed by atoms with Crippen molar-refractivity contribution in [3.8, 4) is 11.5 Å². The minimum absolute atomic E-state index is 0.0280. The number of rotatable bonds is 5. The molecule has 6 atom stereocenters. The molecule has 0 radical (unpaired) electrons. The van der Waals surface area contributed by atoms with Gasteiger partial charge in [-0.25, -0.2) is 26.9 Å². The van der Waals surface area contributed by atoms with E-state index in [-0.39, 0.29) is 39.6 Å². The zero-order valence-electron chi connectivity index (χ0n) is 25.7. The lowest BCUT2D eigenvalue weighted by Crippen LogP contribution is -2.60. The standard InChI is InChI=1S/C35H23Cl2F5N2O6/c1-3-14-4-7-16(8-5-14)43-30(46)18-10-9-17-19(22(18)31(43)47)13-34(36)32(48)44(29-27(41)25(39)24(38)26(40)28(29)42)33(49)35(34,37)23(17)15-6-11-20(45)21(12-15)50-2/h3-9,11-12,18-19,22-23,45H,1,10,13H2,2H3. The number of carbonyl (C=O) groups is 4. The minimum atomic E-state index is -2.70. The van der Waals surface area contributed by atoms with Gasteiger partial charge in [-0.3, -0.25) is 24.1 Å². The van der Waals surface area contributed by atoms with Crippen molar-refractivity contribution in [1.29, 1.82) is 0 Å². The van der Waals surface area contributed by atoms with E-state index in [1.54, 1.807) is 36.4 Å². The van der Waals surface area contributed by atoms with Crippen LogP contribution in [0.4, 0.5) is 33.3 Å². The van der Waals surface area contributed by atoms with E-state index >= 15 is 8.78 Å². The lowest BCUT2D eigenvalue weighted by Gasteiger charge is -2.50. The maximum absolute atomic E-state index is 15.2. The number of aromatic hydroxyl groups is 1. The van der Waals surface area contributed by atoms with Gasteiger partial charge in [0.1, 0.15) is 5.69 Å². The zero-order chi connectivity index (χ0) is 36.2. The molecule has 2 saturated heterocycles. The molecule has 7 rings (SSSR count).